The highest BCUT2D eigenvalue weighted by atomic mass is 35.5. The molecule has 1 aromatic carbocycles. The van der Waals surface area contributed by atoms with Crippen LogP contribution in [0, 0.1) is 17.8 Å². The van der Waals surface area contributed by atoms with Gasteiger partial charge in [-0.1, -0.05) is 29.3 Å². The zero-order valence-electron chi connectivity index (χ0n) is 12.6. The molecule has 0 heterocycles. The molecule has 0 atom stereocenters. The topological polar surface area (TPSA) is 3.24 Å². The molecule has 1 nitrogen and oxygen atoms in total. The van der Waals surface area contributed by atoms with Gasteiger partial charge in [0.05, 0.1) is 10.0 Å². The van der Waals surface area contributed by atoms with Crippen molar-refractivity contribution in [2.45, 2.75) is 50.6 Å². The quantitative estimate of drug-likeness (QED) is 0.720. The van der Waals surface area contributed by atoms with Crippen LogP contribution in [0.5, 0.6) is 0 Å². The molecule has 0 aliphatic heterocycles. The summed E-state index contributed by atoms with van der Waals surface area (Å²) in [6, 6.07) is 6.07. The smallest absolute Gasteiger partial charge is 0.0595 e. The molecule has 1 aromatic rings. The van der Waals surface area contributed by atoms with Crippen molar-refractivity contribution in [3.05, 3.63) is 33.8 Å². The van der Waals surface area contributed by atoms with Crippen LogP contribution in [-0.2, 0) is 6.54 Å². The third kappa shape index (κ3) is 2.52. The number of halogens is 2. The van der Waals surface area contributed by atoms with Crippen LogP contribution in [0.2, 0.25) is 10.0 Å². The van der Waals surface area contributed by atoms with Gasteiger partial charge in [0.25, 0.3) is 0 Å². The van der Waals surface area contributed by atoms with E-state index in [0.29, 0.717) is 15.6 Å². The summed E-state index contributed by atoms with van der Waals surface area (Å²) in [6.45, 7) is 0.989. The van der Waals surface area contributed by atoms with E-state index >= 15 is 0 Å². The molecule has 4 aliphatic carbocycles. The Labute approximate surface area is 137 Å². The molecule has 114 valence electrons. The Morgan fingerprint density at radius 2 is 1.57 bits per heavy atom. The number of hydrogen-bond acceptors (Lipinski definition) is 1. The Kier molecular flexibility index (Phi) is 3.52. The molecule has 0 radical (unpaired) electrons. The molecule has 0 spiro atoms. The maximum atomic E-state index is 6.17. The number of benzene rings is 1. The molecule has 4 fully saturated rings. The third-order valence-corrected chi connectivity index (χ3v) is 6.96. The van der Waals surface area contributed by atoms with Gasteiger partial charge in [0, 0.05) is 12.1 Å². The molecule has 5 rings (SSSR count). The summed E-state index contributed by atoms with van der Waals surface area (Å²) in [5.74, 6) is 2.98. The van der Waals surface area contributed by atoms with Crippen LogP contribution in [0.15, 0.2) is 18.2 Å². The highest BCUT2D eigenvalue weighted by Gasteiger charge is 2.52. The lowest BCUT2D eigenvalue weighted by Gasteiger charge is -2.60. The first kappa shape index (κ1) is 14.4. The van der Waals surface area contributed by atoms with Crippen molar-refractivity contribution in [3.8, 4) is 0 Å². The van der Waals surface area contributed by atoms with Gasteiger partial charge in [-0.3, -0.25) is 4.90 Å². The second-order valence-electron chi connectivity index (χ2n) is 7.75. The summed E-state index contributed by atoms with van der Waals surface area (Å²) in [6.07, 6.45) is 8.74. The van der Waals surface area contributed by atoms with Crippen molar-refractivity contribution < 1.29 is 0 Å². The van der Waals surface area contributed by atoms with Gasteiger partial charge < -0.3 is 0 Å². The molecule has 21 heavy (non-hydrogen) atoms. The molecule has 0 N–H and O–H groups in total. The molecule has 0 amide bonds. The van der Waals surface area contributed by atoms with Crippen molar-refractivity contribution >= 4 is 23.2 Å². The SMILES string of the molecule is CN(Cc1ccc(Cl)c(Cl)c1)C12CC3CC(CC(C3)C1)C2. The van der Waals surface area contributed by atoms with Crippen molar-refractivity contribution in [3.63, 3.8) is 0 Å². The monoisotopic (exact) mass is 323 g/mol. The van der Waals surface area contributed by atoms with Crippen molar-refractivity contribution in [1.29, 1.82) is 0 Å². The largest absolute Gasteiger partial charge is 0.296 e. The van der Waals surface area contributed by atoms with E-state index in [4.69, 9.17) is 23.2 Å². The summed E-state index contributed by atoms with van der Waals surface area (Å²) in [5.41, 5.74) is 1.74. The second kappa shape index (κ2) is 5.15. The van der Waals surface area contributed by atoms with Crippen LogP contribution in [0.3, 0.4) is 0 Å². The van der Waals surface area contributed by atoms with Gasteiger partial charge in [0.2, 0.25) is 0 Å². The molecular weight excluding hydrogens is 301 g/mol. The lowest BCUT2D eigenvalue weighted by atomic mass is 9.52. The molecule has 4 aliphatic rings. The minimum Gasteiger partial charge on any atom is -0.296 e. The first-order valence-corrected chi connectivity index (χ1v) is 8.95. The van der Waals surface area contributed by atoms with Crippen molar-refractivity contribution in [2.24, 2.45) is 17.8 Å². The Bertz CT molecular complexity index is 519. The predicted molar refractivity (Wildman–Crippen MR) is 88.8 cm³/mol. The number of hydrogen-bond donors (Lipinski definition) is 0. The molecule has 0 aromatic heterocycles. The molecule has 4 saturated carbocycles. The summed E-state index contributed by atoms with van der Waals surface area (Å²) in [4.78, 5) is 2.62. The fraction of sp³-hybridized carbons (Fsp3) is 0.667. The fourth-order valence-corrected chi connectivity index (χ4v) is 5.93. The molecule has 4 bridgehead atoms. The highest BCUT2D eigenvalue weighted by Crippen LogP contribution is 2.57. The van der Waals surface area contributed by atoms with Gasteiger partial charge in [0.15, 0.2) is 0 Å². The van der Waals surface area contributed by atoms with E-state index in [1.54, 1.807) is 0 Å². The maximum Gasteiger partial charge on any atom is 0.0595 e. The Hall–Kier alpha value is -0.240. The summed E-state index contributed by atoms with van der Waals surface area (Å²) in [5, 5.41) is 1.32. The van der Waals surface area contributed by atoms with Crippen LogP contribution in [0.4, 0.5) is 0 Å². The van der Waals surface area contributed by atoms with Gasteiger partial charge in [-0.2, -0.15) is 0 Å². The van der Waals surface area contributed by atoms with E-state index < -0.39 is 0 Å². The second-order valence-corrected chi connectivity index (χ2v) is 8.56. The molecule has 3 heteroatoms. The van der Waals surface area contributed by atoms with Crippen molar-refractivity contribution in [2.75, 3.05) is 7.05 Å². The highest BCUT2D eigenvalue weighted by molar-refractivity contribution is 6.42. The van der Waals surface area contributed by atoms with E-state index in [0.717, 1.165) is 24.3 Å². The Morgan fingerprint density at radius 3 is 2.10 bits per heavy atom. The molecule has 0 saturated heterocycles. The predicted octanol–water partition coefficient (Wildman–Crippen LogP) is 5.39. The average Bonchev–Trinajstić information content (AvgIpc) is 2.41. The first-order chi connectivity index (χ1) is 10.0. The Balaban J connectivity index is 1.54. The van der Waals surface area contributed by atoms with Gasteiger partial charge >= 0.3 is 0 Å². The summed E-state index contributed by atoms with van der Waals surface area (Å²) >= 11 is 12.2. The maximum absolute atomic E-state index is 6.17. The number of rotatable bonds is 3. The lowest BCUT2D eigenvalue weighted by molar-refractivity contribution is -0.0821. The fourth-order valence-electron chi connectivity index (χ4n) is 5.61. The van der Waals surface area contributed by atoms with Gasteiger partial charge in [-0.05, 0) is 81.0 Å². The van der Waals surface area contributed by atoms with Crippen LogP contribution >= 0.6 is 23.2 Å². The van der Waals surface area contributed by atoms with E-state index in [1.165, 1.54) is 44.1 Å². The molecule has 0 unspecified atom stereocenters. The van der Waals surface area contributed by atoms with Gasteiger partial charge in [0.1, 0.15) is 0 Å². The zero-order chi connectivity index (χ0) is 14.6. The standard InChI is InChI=1S/C18H23Cl2N/c1-21(11-12-2-3-16(19)17(20)7-12)18-8-13-4-14(9-18)6-15(5-13)10-18/h2-3,7,13-15H,4-6,8-11H2,1H3. The van der Waals surface area contributed by atoms with E-state index in [2.05, 4.69) is 18.0 Å². The average molecular weight is 324 g/mol. The zero-order valence-corrected chi connectivity index (χ0v) is 14.1. The number of nitrogens with zero attached hydrogens (tertiary/aromatic N) is 1. The van der Waals surface area contributed by atoms with Crippen LogP contribution in [0.1, 0.15) is 44.1 Å². The van der Waals surface area contributed by atoms with E-state index in [1.807, 2.05) is 12.1 Å². The molecular formula is C18H23Cl2N. The van der Waals surface area contributed by atoms with Gasteiger partial charge in [-0.15, -0.1) is 0 Å². The minimum atomic E-state index is 0.459. The first-order valence-electron chi connectivity index (χ1n) is 8.19. The third-order valence-electron chi connectivity index (χ3n) is 6.22. The lowest BCUT2D eigenvalue weighted by Crippen LogP contribution is -2.58. The Morgan fingerprint density at radius 1 is 1.00 bits per heavy atom. The van der Waals surface area contributed by atoms with Crippen LogP contribution in [-0.4, -0.2) is 17.5 Å². The van der Waals surface area contributed by atoms with E-state index in [9.17, 15) is 0 Å². The van der Waals surface area contributed by atoms with Crippen LogP contribution < -0.4 is 0 Å². The summed E-state index contributed by atoms with van der Waals surface area (Å²) < 4.78 is 0. The minimum absolute atomic E-state index is 0.459. The van der Waals surface area contributed by atoms with E-state index in [-0.39, 0.29) is 0 Å². The van der Waals surface area contributed by atoms with Crippen LogP contribution in [0.25, 0.3) is 0 Å². The normalized spacial score (nSPS) is 37.4. The van der Waals surface area contributed by atoms with Gasteiger partial charge in [-0.25, -0.2) is 0 Å². The van der Waals surface area contributed by atoms with Crippen molar-refractivity contribution in [1.82, 2.24) is 4.90 Å². The summed E-state index contributed by atoms with van der Waals surface area (Å²) in [7, 11) is 2.32.